The molecule has 1 aliphatic rings. The van der Waals surface area contributed by atoms with Gasteiger partial charge in [-0.2, -0.15) is 0 Å². The molecule has 1 fully saturated rings. The highest BCUT2D eigenvalue weighted by atomic mass is 127. The molecule has 0 atom stereocenters. The van der Waals surface area contributed by atoms with E-state index in [1.165, 1.54) is 6.42 Å². The third-order valence-electron chi connectivity index (χ3n) is 5.02. The van der Waals surface area contributed by atoms with E-state index in [-0.39, 0.29) is 24.0 Å². The van der Waals surface area contributed by atoms with Gasteiger partial charge in [-0.05, 0) is 39.2 Å². The maximum atomic E-state index is 5.46. The summed E-state index contributed by atoms with van der Waals surface area (Å²) in [7, 11) is 0. The van der Waals surface area contributed by atoms with E-state index in [2.05, 4.69) is 46.5 Å². The molecule has 0 saturated carbocycles. The van der Waals surface area contributed by atoms with Crippen LogP contribution in [0.5, 0.6) is 0 Å². The molecule has 2 heterocycles. The molecule has 0 amide bonds. The van der Waals surface area contributed by atoms with Gasteiger partial charge in [0.25, 0.3) is 0 Å². The van der Waals surface area contributed by atoms with E-state index in [1.807, 2.05) is 6.07 Å². The van der Waals surface area contributed by atoms with Crippen LogP contribution in [0.4, 0.5) is 0 Å². The van der Waals surface area contributed by atoms with Crippen molar-refractivity contribution in [2.75, 3.05) is 45.9 Å². The van der Waals surface area contributed by atoms with Crippen molar-refractivity contribution in [2.45, 2.75) is 58.9 Å². The topological polar surface area (TPSA) is 74.9 Å². The van der Waals surface area contributed by atoms with Crippen molar-refractivity contribution in [3.63, 3.8) is 0 Å². The number of aliphatic imine (C=N–C) groups is 1. The van der Waals surface area contributed by atoms with Gasteiger partial charge in [-0.25, -0.2) is 4.99 Å². The number of nitrogens with one attached hydrogen (secondary N) is 2. The molecule has 0 spiro atoms. The SMILES string of the molecule is CCNC(=NCc1cc(C(CC)CC)no1)NCCCCN1CCOCC1.I. The minimum Gasteiger partial charge on any atom is -0.379 e. The van der Waals surface area contributed by atoms with Crippen molar-refractivity contribution in [2.24, 2.45) is 4.99 Å². The monoisotopic (exact) mass is 507 g/mol. The normalized spacial score (nSPS) is 15.5. The number of morpholine rings is 1. The fraction of sp³-hybridized carbons (Fsp3) is 0.800. The molecule has 0 radical (unpaired) electrons. The van der Waals surface area contributed by atoms with Gasteiger partial charge in [0.15, 0.2) is 11.7 Å². The largest absolute Gasteiger partial charge is 0.379 e. The minimum atomic E-state index is 0. The van der Waals surface area contributed by atoms with Crippen LogP contribution in [0.1, 0.15) is 63.8 Å². The molecule has 0 bridgehead atoms. The van der Waals surface area contributed by atoms with Crippen molar-refractivity contribution in [3.8, 4) is 0 Å². The lowest BCUT2D eigenvalue weighted by molar-refractivity contribution is 0.0372. The first-order chi connectivity index (χ1) is 13.3. The molecule has 1 aliphatic heterocycles. The Hall–Kier alpha value is -0.870. The highest BCUT2D eigenvalue weighted by molar-refractivity contribution is 14.0. The number of rotatable bonds is 11. The maximum absolute atomic E-state index is 5.46. The molecule has 0 unspecified atom stereocenters. The Morgan fingerprint density at radius 2 is 1.93 bits per heavy atom. The molecular formula is C20H38IN5O2. The summed E-state index contributed by atoms with van der Waals surface area (Å²) in [6, 6.07) is 2.05. The second-order valence-electron chi connectivity index (χ2n) is 7.01. The maximum Gasteiger partial charge on any atom is 0.191 e. The van der Waals surface area contributed by atoms with Crippen molar-refractivity contribution in [3.05, 3.63) is 17.5 Å². The van der Waals surface area contributed by atoms with Gasteiger partial charge in [0.1, 0.15) is 6.54 Å². The second kappa shape index (κ2) is 15.0. The molecule has 2 rings (SSSR count). The summed E-state index contributed by atoms with van der Waals surface area (Å²) in [4.78, 5) is 7.11. The molecular weight excluding hydrogens is 469 g/mol. The first-order valence-electron chi connectivity index (χ1n) is 10.5. The third-order valence-corrected chi connectivity index (χ3v) is 5.02. The van der Waals surface area contributed by atoms with Gasteiger partial charge in [0.2, 0.25) is 0 Å². The van der Waals surface area contributed by atoms with E-state index in [4.69, 9.17) is 9.26 Å². The standard InChI is InChI=1S/C20H37N5O2.HI/c1-4-17(5-2)19-15-18(27-24-19)16-23-20(21-6-3)22-9-7-8-10-25-11-13-26-14-12-25;/h15,17H,4-14,16H2,1-3H3,(H2,21,22,23);1H. The van der Waals surface area contributed by atoms with E-state index in [0.717, 1.165) is 82.6 Å². The number of hydrogen-bond donors (Lipinski definition) is 2. The number of aromatic nitrogens is 1. The van der Waals surface area contributed by atoms with Gasteiger partial charge in [0, 0.05) is 38.2 Å². The van der Waals surface area contributed by atoms with Gasteiger partial charge in [-0.3, -0.25) is 4.90 Å². The smallest absolute Gasteiger partial charge is 0.191 e. The Bertz CT molecular complexity index is 542. The first kappa shape index (κ1) is 25.2. The first-order valence-corrected chi connectivity index (χ1v) is 10.5. The fourth-order valence-electron chi connectivity index (χ4n) is 3.29. The lowest BCUT2D eigenvalue weighted by Crippen LogP contribution is -2.39. The van der Waals surface area contributed by atoms with Crippen molar-refractivity contribution < 1.29 is 9.26 Å². The average molecular weight is 507 g/mol. The van der Waals surface area contributed by atoms with Crippen molar-refractivity contribution >= 4 is 29.9 Å². The Morgan fingerprint density at radius 3 is 2.61 bits per heavy atom. The zero-order chi connectivity index (χ0) is 19.3. The zero-order valence-corrected chi connectivity index (χ0v) is 20.0. The van der Waals surface area contributed by atoms with Crippen LogP contribution in [0.15, 0.2) is 15.6 Å². The van der Waals surface area contributed by atoms with Crippen LogP contribution in [0.25, 0.3) is 0 Å². The Labute approximate surface area is 187 Å². The molecule has 7 nitrogen and oxygen atoms in total. The summed E-state index contributed by atoms with van der Waals surface area (Å²) < 4.78 is 10.8. The number of hydrogen-bond acceptors (Lipinski definition) is 5. The average Bonchev–Trinajstić information content (AvgIpc) is 3.16. The highest BCUT2D eigenvalue weighted by Crippen LogP contribution is 2.22. The molecule has 2 N–H and O–H groups in total. The number of ether oxygens (including phenoxy) is 1. The zero-order valence-electron chi connectivity index (χ0n) is 17.7. The lowest BCUT2D eigenvalue weighted by atomic mass is 9.99. The minimum absolute atomic E-state index is 0. The summed E-state index contributed by atoms with van der Waals surface area (Å²) in [5.41, 5.74) is 1.05. The Kier molecular flexibility index (Phi) is 13.5. The Morgan fingerprint density at radius 1 is 1.18 bits per heavy atom. The molecule has 162 valence electrons. The molecule has 0 aromatic carbocycles. The summed E-state index contributed by atoms with van der Waals surface area (Å²) in [6.45, 7) is 13.7. The highest BCUT2D eigenvalue weighted by Gasteiger charge is 2.13. The predicted molar refractivity (Wildman–Crippen MR) is 125 cm³/mol. The molecule has 1 saturated heterocycles. The van der Waals surface area contributed by atoms with Gasteiger partial charge in [0.05, 0.1) is 18.9 Å². The van der Waals surface area contributed by atoms with Crippen LogP contribution < -0.4 is 10.6 Å². The summed E-state index contributed by atoms with van der Waals surface area (Å²) in [5.74, 6) is 2.13. The van der Waals surface area contributed by atoms with Crippen LogP contribution in [0, 0.1) is 0 Å². The second-order valence-corrected chi connectivity index (χ2v) is 7.01. The molecule has 28 heavy (non-hydrogen) atoms. The van der Waals surface area contributed by atoms with E-state index < -0.39 is 0 Å². The van der Waals surface area contributed by atoms with E-state index >= 15 is 0 Å². The van der Waals surface area contributed by atoms with Gasteiger partial charge < -0.3 is 19.9 Å². The van der Waals surface area contributed by atoms with E-state index in [1.54, 1.807) is 0 Å². The predicted octanol–water partition coefficient (Wildman–Crippen LogP) is 3.36. The van der Waals surface area contributed by atoms with Gasteiger partial charge in [-0.1, -0.05) is 19.0 Å². The Balaban J connectivity index is 0.00000392. The summed E-state index contributed by atoms with van der Waals surface area (Å²) in [6.07, 6.45) is 4.48. The molecule has 0 aliphatic carbocycles. The number of halogens is 1. The summed E-state index contributed by atoms with van der Waals surface area (Å²) >= 11 is 0. The van der Waals surface area contributed by atoms with E-state index in [0.29, 0.717) is 12.5 Å². The fourth-order valence-corrected chi connectivity index (χ4v) is 3.29. The van der Waals surface area contributed by atoms with Crippen LogP contribution in [0.2, 0.25) is 0 Å². The number of nitrogens with zero attached hydrogens (tertiary/aromatic N) is 3. The van der Waals surface area contributed by atoms with Crippen LogP contribution >= 0.6 is 24.0 Å². The van der Waals surface area contributed by atoms with Crippen molar-refractivity contribution in [1.29, 1.82) is 0 Å². The molecule has 1 aromatic rings. The van der Waals surface area contributed by atoms with Gasteiger partial charge in [-0.15, -0.1) is 24.0 Å². The van der Waals surface area contributed by atoms with Crippen LogP contribution in [0.3, 0.4) is 0 Å². The number of unbranched alkanes of at least 4 members (excludes halogenated alkanes) is 1. The number of guanidine groups is 1. The molecule has 8 heteroatoms. The van der Waals surface area contributed by atoms with Crippen molar-refractivity contribution in [1.82, 2.24) is 20.7 Å². The van der Waals surface area contributed by atoms with Gasteiger partial charge >= 0.3 is 0 Å². The summed E-state index contributed by atoms with van der Waals surface area (Å²) in [5, 5.41) is 10.9. The van der Waals surface area contributed by atoms with Crippen LogP contribution in [-0.4, -0.2) is 62.0 Å². The third kappa shape index (κ3) is 9.09. The quantitative estimate of drug-likeness (QED) is 0.207. The molecule has 1 aromatic heterocycles. The van der Waals surface area contributed by atoms with Crippen LogP contribution in [-0.2, 0) is 11.3 Å². The van der Waals surface area contributed by atoms with E-state index in [9.17, 15) is 0 Å². The lowest BCUT2D eigenvalue weighted by Gasteiger charge is -2.26.